The molecule has 1 fully saturated rings. The molecule has 0 aliphatic carbocycles. The first-order valence-electron chi connectivity index (χ1n) is 9.69. The molecule has 0 saturated carbocycles. The standard InChI is InChI=1S/C21H20N4O6/c26-14-9-17(27)20(18(10-14)30-15-3-1-13(24-29)2-4-15)19-11-16(25-31-19)21(28)23-12-5-7-22-8-6-12/h1-4,9-12,22,26-27H,5-8H2,(H,23,28). The predicted molar refractivity (Wildman–Crippen MR) is 111 cm³/mol. The summed E-state index contributed by atoms with van der Waals surface area (Å²) in [6.45, 7) is 1.67. The highest BCUT2D eigenvalue weighted by molar-refractivity contribution is 5.93. The number of carbonyl (C=O) groups is 1. The van der Waals surface area contributed by atoms with Crippen molar-refractivity contribution < 1.29 is 24.3 Å². The highest BCUT2D eigenvalue weighted by atomic mass is 16.5. The van der Waals surface area contributed by atoms with Crippen molar-refractivity contribution in [2.75, 3.05) is 13.1 Å². The molecule has 31 heavy (non-hydrogen) atoms. The molecule has 10 heteroatoms. The third-order valence-electron chi connectivity index (χ3n) is 4.90. The van der Waals surface area contributed by atoms with Gasteiger partial charge in [0.05, 0.1) is 0 Å². The zero-order valence-electron chi connectivity index (χ0n) is 16.4. The van der Waals surface area contributed by atoms with Crippen LogP contribution in [-0.2, 0) is 0 Å². The maximum atomic E-state index is 12.5. The van der Waals surface area contributed by atoms with Gasteiger partial charge in [-0.05, 0) is 55.4 Å². The summed E-state index contributed by atoms with van der Waals surface area (Å²) >= 11 is 0. The molecule has 4 N–H and O–H groups in total. The number of ether oxygens (including phenoxy) is 1. The molecular formula is C21H20N4O6. The van der Waals surface area contributed by atoms with Crippen LogP contribution in [0.25, 0.3) is 11.3 Å². The van der Waals surface area contributed by atoms with Gasteiger partial charge in [0, 0.05) is 24.2 Å². The van der Waals surface area contributed by atoms with E-state index in [-0.39, 0.29) is 51.9 Å². The van der Waals surface area contributed by atoms with Gasteiger partial charge in [-0.1, -0.05) is 5.16 Å². The SMILES string of the molecule is O=Nc1ccc(Oc2cc(O)cc(O)c2-c2cc(C(=O)NC3CCNCC3)no2)cc1. The molecule has 0 spiro atoms. The topological polar surface area (TPSA) is 146 Å². The van der Waals surface area contributed by atoms with Crippen LogP contribution < -0.4 is 15.4 Å². The quantitative estimate of drug-likeness (QED) is 0.440. The van der Waals surface area contributed by atoms with Gasteiger partial charge in [-0.25, -0.2) is 0 Å². The van der Waals surface area contributed by atoms with E-state index in [1.54, 1.807) is 0 Å². The number of rotatable bonds is 6. The van der Waals surface area contributed by atoms with Crippen molar-refractivity contribution in [3.8, 4) is 34.3 Å². The number of hydrogen-bond acceptors (Lipinski definition) is 9. The monoisotopic (exact) mass is 424 g/mol. The normalized spacial score (nSPS) is 14.2. The van der Waals surface area contributed by atoms with E-state index < -0.39 is 0 Å². The number of amides is 1. The molecule has 10 nitrogen and oxygen atoms in total. The summed E-state index contributed by atoms with van der Waals surface area (Å²) in [5, 5.41) is 33.1. The van der Waals surface area contributed by atoms with Gasteiger partial charge >= 0.3 is 0 Å². The Bertz CT molecular complexity index is 1090. The minimum atomic E-state index is -0.375. The van der Waals surface area contributed by atoms with Gasteiger partial charge in [-0.2, -0.15) is 0 Å². The fourth-order valence-electron chi connectivity index (χ4n) is 3.34. The highest BCUT2D eigenvalue weighted by Crippen LogP contribution is 2.43. The zero-order valence-corrected chi connectivity index (χ0v) is 16.4. The number of benzene rings is 2. The van der Waals surface area contributed by atoms with E-state index in [4.69, 9.17) is 9.26 Å². The van der Waals surface area contributed by atoms with E-state index in [0.717, 1.165) is 32.0 Å². The Morgan fingerprint density at radius 2 is 1.90 bits per heavy atom. The average Bonchev–Trinajstić information content (AvgIpc) is 3.24. The summed E-state index contributed by atoms with van der Waals surface area (Å²) in [7, 11) is 0. The molecule has 1 amide bonds. The third kappa shape index (κ3) is 4.64. The Labute approximate surface area is 176 Å². The second kappa shape index (κ2) is 8.84. The number of nitroso groups, excluding NO2 is 1. The number of piperidine rings is 1. The van der Waals surface area contributed by atoms with E-state index in [0.29, 0.717) is 5.75 Å². The Balaban J connectivity index is 1.60. The van der Waals surface area contributed by atoms with E-state index in [9.17, 15) is 19.9 Å². The lowest BCUT2D eigenvalue weighted by molar-refractivity contribution is 0.0920. The van der Waals surface area contributed by atoms with E-state index in [1.807, 2.05) is 0 Å². The van der Waals surface area contributed by atoms with Crippen molar-refractivity contribution >= 4 is 11.6 Å². The molecule has 0 atom stereocenters. The van der Waals surface area contributed by atoms with Crippen molar-refractivity contribution in [3.05, 3.63) is 53.1 Å². The van der Waals surface area contributed by atoms with E-state index >= 15 is 0 Å². The number of carbonyl (C=O) groups excluding carboxylic acids is 1. The van der Waals surface area contributed by atoms with Crippen molar-refractivity contribution in [2.24, 2.45) is 5.18 Å². The fourth-order valence-corrected chi connectivity index (χ4v) is 3.34. The fraction of sp³-hybridized carbons (Fsp3) is 0.238. The van der Waals surface area contributed by atoms with Crippen LogP contribution in [0.4, 0.5) is 5.69 Å². The van der Waals surface area contributed by atoms with E-state index in [1.165, 1.54) is 36.4 Å². The molecular weight excluding hydrogens is 404 g/mol. The van der Waals surface area contributed by atoms with E-state index in [2.05, 4.69) is 21.0 Å². The van der Waals surface area contributed by atoms with Crippen LogP contribution in [0.1, 0.15) is 23.3 Å². The molecule has 2 heterocycles. The van der Waals surface area contributed by atoms with Gasteiger partial charge in [0.2, 0.25) is 0 Å². The van der Waals surface area contributed by atoms with Gasteiger partial charge in [-0.3, -0.25) is 4.79 Å². The highest BCUT2D eigenvalue weighted by Gasteiger charge is 2.23. The molecule has 1 saturated heterocycles. The minimum Gasteiger partial charge on any atom is -0.508 e. The lowest BCUT2D eigenvalue weighted by atomic mass is 10.1. The predicted octanol–water partition coefficient (Wildman–Crippen LogP) is 3.42. The van der Waals surface area contributed by atoms with Crippen LogP contribution >= 0.6 is 0 Å². The number of phenols is 2. The first-order chi connectivity index (χ1) is 15.0. The summed E-state index contributed by atoms with van der Waals surface area (Å²) in [5.74, 6) is -0.421. The number of aromatic nitrogens is 1. The lowest BCUT2D eigenvalue weighted by Gasteiger charge is -2.23. The molecule has 1 aliphatic rings. The number of aromatic hydroxyl groups is 2. The molecule has 4 rings (SSSR count). The molecule has 0 radical (unpaired) electrons. The van der Waals surface area contributed by atoms with Gasteiger partial charge in [0.1, 0.15) is 34.2 Å². The van der Waals surface area contributed by atoms with Crippen molar-refractivity contribution in [3.63, 3.8) is 0 Å². The Kier molecular flexibility index (Phi) is 5.80. The Morgan fingerprint density at radius 1 is 1.16 bits per heavy atom. The van der Waals surface area contributed by atoms with Crippen LogP contribution in [0, 0.1) is 4.91 Å². The lowest BCUT2D eigenvalue weighted by Crippen LogP contribution is -2.42. The maximum absolute atomic E-state index is 12.5. The molecule has 1 aromatic heterocycles. The number of phenolic OH excluding ortho intramolecular Hbond substituents is 2. The van der Waals surface area contributed by atoms with Crippen LogP contribution in [0.5, 0.6) is 23.0 Å². The minimum absolute atomic E-state index is 0.0543. The second-order valence-electron chi connectivity index (χ2n) is 7.10. The summed E-state index contributed by atoms with van der Waals surface area (Å²) in [5.41, 5.74) is 0.406. The molecule has 2 aromatic carbocycles. The summed E-state index contributed by atoms with van der Waals surface area (Å²) in [6.07, 6.45) is 1.65. The number of nitrogens with one attached hydrogen (secondary N) is 2. The van der Waals surface area contributed by atoms with Crippen LogP contribution in [0.15, 0.2) is 52.2 Å². The van der Waals surface area contributed by atoms with Crippen molar-refractivity contribution in [2.45, 2.75) is 18.9 Å². The summed E-state index contributed by atoms with van der Waals surface area (Å²) < 4.78 is 11.1. The molecule has 0 unspecified atom stereocenters. The zero-order chi connectivity index (χ0) is 21.8. The van der Waals surface area contributed by atoms with Gasteiger partial charge in [0.25, 0.3) is 5.91 Å². The van der Waals surface area contributed by atoms with Crippen LogP contribution in [0.3, 0.4) is 0 Å². The largest absolute Gasteiger partial charge is 0.508 e. The molecule has 1 aliphatic heterocycles. The first kappa shape index (κ1) is 20.4. The summed E-state index contributed by atoms with van der Waals surface area (Å²) in [4.78, 5) is 23.1. The maximum Gasteiger partial charge on any atom is 0.273 e. The number of nitrogens with zero attached hydrogens (tertiary/aromatic N) is 2. The average molecular weight is 424 g/mol. The van der Waals surface area contributed by atoms with Crippen LogP contribution in [0.2, 0.25) is 0 Å². The number of hydrogen-bond donors (Lipinski definition) is 4. The van der Waals surface area contributed by atoms with Gasteiger partial charge in [-0.15, -0.1) is 4.91 Å². The third-order valence-corrected chi connectivity index (χ3v) is 4.90. The van der Waals surface area contributed by atoms with Gasteiger partial charge < -0.3 is 30.1 Å². The smallest absolute Gasteiger partial charge is 0.273 e. The summed E-state index contributed by atoms with van der Waals surface area (Å²) in [6, 6.07) is 9.81. The molecule has 3 aromatic rings. The first-order valence-corrected chi connectivity index (χ1v) is 9.69. The van der Waals surface area contributed by atoms with Crippen molar-refractivity contribution in [1.29, 1.82) is 0 Å². The Morgan fingerprint density at radius 3 is 2.61 bits per heavy atom. The van der Waals surface area contributed by atoms with Gasteiger partial charge in [0.15, 0.2) is 11.5 Å². The van der Waals surface area contributed by atoms with Crippen molar-refractivity contribution in [1.82, 2.24) is 15.8 Å². The van der Waals surface area contributed by atoms with Crippen LogP contribution in [-0.4, -0.2) is 40.4 Å². The second-order valence-corrected chi connectivity index (χ2v) is 7.10. The molecule has 0 bridgehead atoms. The Hall–Kier alpha value is -3.92. The molecule has 160 valence electrons.